The van der Waals surface area contributed by atoms with Gasteiger partial charge in [0.2, 0.25) is 0 Å². The summed E-state index contributed by atoms with van der Waals surface area (Å²) in [7, 11) is 0. The fraction of sp³-hybridized carbons (Fsp3) is 0.347. The van der Waals surface area contributed by atoms with E-state index in [1.165, 1.54) is 73.7 Å². The van der Waals surface area contributed by atoms with Crippen LogP contribution in [0.2, 0.25) is 0 Å². The Kier molecular flexibility index (Phi) is 23.6. The Morgan fingerprint density at radius 3 is 1.69 bits per heavy atom. The van der Waals surface area contributed by atoms with Crippen LogP contribution in [0, 0.1) is 20.8 Å². The number of rotatable bonds is 6. The number of allylic oxidation sites excluding steroid dienone is 4. The van der Waals surface area contributed by atoms with Crippen LogP contribution in [0.4, 0.5) is 0 Å². The van der Waals surface area contributed by atoms with E-state index in [1.807, 2.05) is 58.0 Å². The molecule has 264 valence electrons. The zero-order valence-electron chi connectivity index (χ0n) is 32.3. The minimum Gasteiger partial charge on any atom is -0.0919 e. The first kappa shape index (κ1) is 44.8. The summed E-state index contributed by atoms with van der Waals surface area (Å²) in [6.07, 6.45) is 9.84. The highest BCUT2D eigenvalue weighted by Gasteiger charge is 2.16. The van der Waals surface area contributed by atoms with Crippen molar-refractivity contribution in [1.82, 2.24) is 0 Å². The van der Waals surface area contributed by atoms with E-state index in [4.69, 9.17) is 0 Å². The predicted molar refractivity (Wildman–Crippen MR) is 227 cm³/mol. The summed E-state index contributed by atoms with van der Waals surface area (Å²) in [6, 6.07) is 39.4. The molecule has 0 bridgehead atoms. The first-order valence-electron chi connectivity index (χ1n) is 18.1. The van der Waals surface area contributed by atoms with Crippen molar-refractivity contribution in [1.29, 1.82) is 0 Å². The number of hydrogen-bond acceptors (Lipinski definition) is 0. The lowest BCUT2D eigenvalue weighted by Crippen LogP contribution is -1.98. The van der Waals surface area contributed by atoms with E-state index >= 15 is 0 Å². The monoisotopic (exact) mass is 657 g/mol. The maximum Gasteiger partial charge on any atom is -0.00730 e. The van der Waals surface area contributed by atoms with Gasteiger partial charge in [0, 0.05) is 0 Å². The maximum absolute atomic E-state index is 2.40. The summed E-state index contributed by atoms with van der Waals surface area (Å²) in [4.78, 5) is 0. The van der Waals surface area contributed by atoms with Gasteiger partial charge in [0.1, 0.15) is 0 Å². The van der Waals surface area contributed by atoms with Crippen molar-refractivity contribution in [2.45, 2.75) is 116 Å². The Morgan fingerprint density at radius 2 is 1.20 bits per heavy atom. The topological polar surface area (TPSA) is 0 Å². The fourth-order valence-electron chi connectivity index (χ4n) is 5.16. The van der Waals surface area contributed by atoms with Crippen molar-refractivity contribution in [3.63, 3.8) is 0 Å². The highest BCUT2D eigenvalue weighted by molar-refractivity contribution is 5.99. The molecule has 0 heteroatoms. The molecule has 0 N–H and O–H groups in total. The number of aryl methyl sites for hydroxylation is 3. The molecule has 0 saturated carbocycles. The van der Waals surface area contributed by atoms with Gasteiger partial charge in [-0.05, 0) is 117 Å². The van der Waals surface area contributed by atoms with Crippen LogP contribution in [-0.2, 0) is 0 Å². The second kappa shape index (κ2) is 25.8. The lowest BCUT2D eigenvalue weighted by Gasteiger charge is -2.20. The second-order valence-electron chi connectivity index (χ2n) is 12.2. The molecule has 5 aromatic carbocycles. The lowest BCUT2D eigenvalue weighted by molar-refractivity contribution is 0.735. The molecule has 0 aliphatic rings. The van der Waals surface area contributed by atoms with Crippen molar-refractivity contribution in [2.75, 3.05) is 0 Å². The minimum atomic E-state index is 0. The summed E-state index contributed by atoms with van der Waals surface area (Å²) < 4.78 is 0. The maximum atomic E-state index is 2.40. The van der Waals surface area contributed by atoms with Crippen molar-refractivity contribution < 1.29 is 0 Å². The van der Waals surface area contributed by atoms with Crippen LogP contribution in [0.5, 0.6) is 0 Å². The molecule has 0 radical (unpaired) electrons. The van der Waals surface area contributed by atoms with Gasteiger partial charge in [-0.2, -0.15) is 0 Å². The zero-order chi connectivity index (χ0) is 35.9. The van der Waals surface area contributed by atoms with Gasteiger partial charge in [-0.1, -0.05) is 187 Å². The third kappa shape index (κ3) is 15.3. The van der Waals surface area contributed by atoms with Gasteiger partial charge in [0.15, 0.2) is 0 Å². The fourth-order valence-corrected chi connectivity index (χ4v) is 5.16. The van der Waals surface area contributed by atoms with E-state index in [-0.39, 0.29) is 7.43 Å². The van der Waals surface area contributed by atoms with Crippen LogP contribution < -0.4 is 0 Å². The number of hydrogen-bond donors (Lipinski definition) is 0. The Bertz CT molecular complexity index is 1630. The number of benzene rings is 5. The third-order valence-electron chi connectivity index (χ3n) is 8.40. The van der Waals surface area contributed by atoms with Gasteiger partial charge in [-0.25, -0.2) is 0 Å². The molecule has 0 spiro atoms. The van der Waals surface area contributed by atoms with E-state index in [1.54, 1.807) is 0 Å². The molecular formula is C49H68. The zero-order valence-corrected chi connectivity index (χ0v) is 32.3. The summed E-state index contributed by atoms with van der Waals surface area (Å²) in [5.74, 6) is 0.528. The molecule has 1 atom stereocenters. The Balaban J connectivity index is 0.000000899. The molecule has 0 amide bonds. The van der Waals surface area contributed by atoms with E-state index in [2.05, 4.69) is 152 Å². The molecular weight excluding hydrogens is 589 g/mol. The van der Waals surface area contributed by atoms with Crippen molar-refractivity contribution in [3.8, 4) is 22.3 Å². The number of fused-ring (bicyclic) bond motifs is 1. The largest absolute Gasteiger partial charge is 0.0919 e. The highest BCUT2D eigenvalue weighted by Crippen LogP contribution is 2.39. The standard InChI is InChI=1S/C28H28.C7H8.C7H14.C4H8.C2H6.CH4/c1-5-20(3)25-17-16-24(22-13-10-19(2)11-14-22)18-27(25)28-21(4)12-15-23-8-6-7-9-26(23)28;1-7-5-3-2-4-6-7;1-4-6-7(3)5-2;1-3-4-2;1-2;/h6-18,20H,5H2,1-4H3;2-6H,1H3;5H,4,6H2,1-3H3;3-4H,1-2H3;1-2H3;1H4/b;;7-5+;4-3-;;. The smallest absolute Gasteiger partial charge is 0.00730 e. The van der Waals surface area contributed by atoms with Crippen molar-refractivity contribution in [3.05, 3.63) is 155 Å². The van der Waals surface area contributed by atoms with E-state index < -0.39 is 0 Å². The average Bonchev–Trinajstić information content (AvgIpc) is 3.13. The van der Waals surface area contributed by atoms with Gasteiger partial charge < -0.3 is 0 Å². The molecule has 49 heavy (non-hydrogen) atoms. The summed E-state index contributed by atoms with van der Waals surface area (Å²) in [5.41, 5.74) is 12.2. The van der Waals surface area contributed by atoms with Gasteiger partial charge >= 0.3 is 0 Å². The van der Waals surface area contributed by atoms with Crippen LogP contribution in [0.25, 0.3) is 33.0 Å². The summed E-state index contributed by atoms with van der Waals surface area (Å²) in [5, 5.41) is 2.65. The molecule has 1 unspecified atom stereocenters. The molecule has 0 saturated heterocycles. The average molecular weight is 657 g/mol. The van der Waals surface area contributed by atoms with Gasteiger partial charge in [0.25, 0.3) is 0 Å². The summed E-state index contributed by atoms with van der Waals surface area (Å²) >= 11 is 0. The molecule has 0 nitrogen and oxygen atoms in total. The van der Waals surface area contributed by atoms with Crippen LogP contribution >= 0.6 is 0 Å². The van der Waals surface area contributed by atoms with Crippen molar-refractivity contribution in [2.24, 2.45) is 0 Å². The first-order chi connectivity index (χ1) is 23.2. The quantitative estimate of drug-likeness (QED) is 0.160. The molecule has 0 aromatic heterocycles. The third-order valence-corrected chi connectivity index (χ3v) is 8.40. The Hall–Kier alpha value is -4.16. The van der Waals surface area contributed by atoms with E-state index in [0.717, 1.165) is 6.42 Å². The molecule has 0 heterocycles. The van der Waals surface area contributed by atoms with Gasteiger partial charge in [-0.15, -0.1) is 0 Å². The van der Waals surface area contributed by atoms with Gasteiger partial charge in [0.05, 0.1) is 0 Å². The molecule has 0 fully saturated rings. The van der Waals surface area contributed by atoms with E-state index in [0.29, 0.717) is 5.92 Å². The van der Waals surface area contributed by atoms with Crippen LogP contribution in [0.3, 0.4) is 0 Å². The normalized spacial score (nSPS) is 10.9. The molecule has 0 aliphatic carbocycles. The second-order valence-corrected chi connectivity index (χ2v) is 12.2. The SMILES string of the molecule is C.C/C=C(\C)CCC.C/C=C\C.CC.CCC(C)c1ccc(-c2ccc(C)cc2)cc1-c1c(C)ccc2ccccc12.Cc1ccccc1. The summed E-state index contributed by atoms with van der Waals surface area (Å²) in [6.45, 7) is 25.5. The van der Waals surface area contributed by atoms with Crippen molar-refractivity contribution >= 4 is 10.8 Å². The van der Waals surface area contributed by atoms with Crippen LogP contribution in [0.15, 0.2) is 133 Å². The first-order valence-corrected chi connectivity index (χ1v) is 18.1. The van der Waals surface area contributed by atoms with Crippen LogP contribution in [0.1, 0.15) is 117 Å². The Morgan fingerprint density at radius 1 is 0.653 bits per heavy atom. The minimum absolute atomic E-state index is 0. The van der Waals surface area contributed by atoms with Gasteiger partial charge in [-0.3, -0.25) is 0 Å². The Labute approximate surface area is 303 Å². The molecule has 0 aliphatic heterocycles. The van der Waals surface area contributed by atoms with E-state index in [9.17, 15) is 0 Å². The predicted octanol–water partition coefficient (Wildman–Crippen LogP) is 16.3. The molecule has 5 rings (SSSR count). The highest BCUT2D eigenvalue weighted by atomic mass is 14.2. The molecule has 5 aromatic rings. The lowest BCUT2D eigenvalue weighted by atomic mass is 9.84. The van der Waals surface area contributed by atoms with Crippen LogP contribution in [-0.4, -0.2) is 0 Å².